The van der Waals surface area contributed by atoms with Gasteiger partial charge in [0.1, 0.15) is 5.75 Å². The van der Waals surface area contributed by atoms with Crippen LogP contribution in [0.15, 0.2) is 45.7 Å². The maximum Gasteiger partial charge on any atom is 0.423 e. The largest absolute Gasteiger partial charge is 0.493 e. The highest BCUT2D eigenvalue weighted by Gasteiger charge is 2.46. The van der Waals surface area contributed by atoms with Crippen LogP contribution >= 0.6 is 0 Å². The van der Waals surface area contributed by atoms with Crippen LogP contribution in [0.25, 0.3) is 10.8 Å². The van der Waals surface area contributed by atoms with Gasteiger partial charge in [0.25, 0.3) is 5.91 Å². The standard InChI is InChI=1S/C23H21F3N2O5/c1-12-3-6-19-18(9-12)14(7-8-32-19)11-28(21(30)20(29)23(24,25)26)15-4-5-16-17(10-15)13(2)27-33-22(16)31/h3-6,9-10,14,20,29H,7-8,11H2,1-2H3/t14?,20-/m1/s1. The molecule has 1 aliphatic rings. The summed E-state index contributed by atoms with van der Waals surface area (Å²) < 4.78 is 50.0. The summed E-state index contributed by atoms with van der Waals surface area (Å²) in [6.45, 7) is 3.67. The zero-order valence-electron chi connectivity index (χ0n) is 17.8. The smallest absolute Gasteiger partial charge is 0.423 e. The van der Waals surface area contributed by atoms with Gasteiger partial charge in [-0.25, -0.2) is 4.79 Å². The molecule has 3 aromatic rings. The summed E-state index contributed by atoms with van der Waals surface area (Å²) in [5.74, 6) is -1.22. The van der Waals surface area contributed by atoms with Crippen molar-refractivity contribution >= 4 is 22.4 Å². The van der Waals surface area contributed by atoms with Crippen molar-refractivity contribution in [2.24, 2.45) is 0 Å². The number of alkyl halides is 3. The number of aromatic nitrogens is 1. The number of aryl methyl sites for hydroxylation is 2. The number of ether oxygens (including phenoxy) is 1. The fourth-order valence-corrected chi connectivity index (χ4v) is 3.99. The van der Waals surface area contributed by atoms with Gasteiger partial charge < -0.3 is 19.3 Å². The molecule has 1 N–H and O–H groups in total. The molecule has 0 spiro atoms. The van der Waals surface area contributed by atoms with E-state index < -0.39 is 23.8 Å². The number of fused-ring (bicyclic) bond motifs is 2. The lowest BCUT2D eigenvalue weighted by Crippen LogP contribution is -2.48. The molecule has 1 aliphatic heterocycles. The summed E-state index contributed by atoms with van der Waals surface area (Å²) >= 11 is 0. The zero-order valence-corrected chi connectivity index (χ0v) is 17.8. The van der Waals surface area contributed by atoms with Crippen LogP contribution in [0.1, 0.15) is 29.2 Å². The average Bonchev–Trinajstić information content (AvgIpc) is 2.78. The first kappa shape index (κ1) is 22.8. The molecule has 0 saturated carbocycles. The van der Waals surface area contributed by atoms with Gasteiger partial charge in [-0.3, -0.25) is 4.79 Å². The third-order valence-corrected chi connectivity index (χ3v) is 5.73. The molecule has 1 amide bonds. The van der Waals surface area contributed by atoms with Gasteiger partial charge in [-0.2, -0.15) is 13.2 Å². The Morgan fingerprint density at radius 3 is 2.70 bits per heavy atom. The summed E-state index contributed by atoms with van der Waals surface area (Å²) in [5, 5.41) is 13.9. The van der Waals surface area contributed by atoms with Crippen molar-refractivity contribution in [3.8, 4) is 5.75 Å². The Bertz CT molecular complexity index is 1270. The van der Waals surface area contributed by atoms with Crippen LogP contribution in [0, 0.1) is 13.8 Å². The van der Waals surface area contributed by atoms with Gasteiger partial charge in [0.15, 0.2) is 0 Å². The fraction of sp³-hybridized carbons (Fsp3) is 0.348. The molecule has 0 radical (unpaired) electrons. The maximum atomic E-state index is 13.2. The van der Waals surface area contributed by atoms with Crippen molar-refractivity contribution in [3.05, 3.63) is 63.6 Å². The molecule has 7 nitrogen and oxygen atoms in total. The Kier molecular flexibility index (Phi) is 5.87. The predicted molar refractivity (Wildman–Crippen MR) is 113 cm³/mol. The van der Waals surface area contributed by atoms with Crippen LogP contribution in [-0.4, -0.2) is 41.6 Å². The van der Waals surface area contributed by atoms with E-state index in [1.807, 2.05) is 19.1 Å². The van der Waals surface area contributed by atoms with Crippen molar-refractivity contribution in [1.29, 1.82) is 0 Å². The van der Waals surface area contributed by atoms with Crippen molar-refractivity contribution in [2.45, 2.75) is 38.5 Å². The van der Waals surface area contributed by atoms with E-state index in [9.17, 15) is 27.9 Å². The Morgan fingerprint density at radius 2 is 1.97 bits per heavy atom. The second kappa shape index (κ2) is 8.51. The van der Waals surface area contributed by atoms with Crippen molar-refractivity contribution in [2.75, 3.05) is 18.1 Å². The van der Waals surface area contributed by atoms with E-state index in [4.69, 9.17) is 4.74 Å². The van der Waals surface area contributed by atoms with Gasteiger partial charge in [-0.1, -0.05) is 22.9 Å². The monoisotopic (exact) mass is 462 g/mol. The van der Waals surface area contributed by atoms with Gasteiger partial charge in [0, 0.05) is 23.5 Å². The van der Waals surface area contributed by atoms with Crippen molar-refractivity contribution in [3.63, 3.8) is 0 Å². The number of benzene rings is 2. The summed E-state index contributed by atoms with van der Waals surface area (Å²) in [4.78, 5) is 25.7. The number of amides is 1. The molecule has 0 aliphatic carbocycles. The molecular formula is C23H21F3N2O5. The van der Waals surface area contributed by atoms with Crippen LogP contribution in [-0.2, 0) is 4.79 Å². The van der Waals surface area contributed by atoms with Crippen LogP contribution in [0.5, 0.6) is 5.75 Å². The van der Waals surface area contributed by atoms with Gasteiger partial charge in [-0.05, 0) is 50.1 Å². The minimum atomic E-state index is -5.13. The number of halogens is 3. The van der Waals surface area contributed by atoms with E-state index >= 15 is 0 Å². The third-order valence-electron chi connectivity index (χ3n) is 5.73. The van der Waals surface area contributed by atoms with Crippen LogP contribution in [0.3, 0.4) is 0 Å². The Balaban J connectivity index is 1.80. The van der Waals surface area contributed by atoms with Crippen LogP contribution in [0.4, 0.5) is 18.9 Å². The van der Waals surface area contributed by atoms with Crippen molar-refractivity contribution in [1.82, 2.24) is 5.16 Å². The second-order valence-corrected chi connectivity index (χ2v) is 8.05. The highest BCUT2D eigenvalue weighted by atomic mass is 19.4. The summed E-state index contributed by atoms with van der Waals surface area (Å²) in [5.41, 5.74) is 1.45. The van der Waals surface area contributed by atoms with Gasteiger partial charge in [0.05, 0.1) is 17.7 Å². The maximum absolute atomic E-state index is 13.2. The number of nitrogens with zero attached hydrogens (tertiary/aromatic N) is 2. The SMILES string of the molecule is Cc1ccc2c(c1)C(CN(C(=O)[C@@H](O)C(F)(F)F)c1ccc3c(=O)onc(C)c3c1)CCO2. The highest BCUT2D eigenvalue weighted by Crippen LogP contribution is 2.37. The van der Waals surface area contributed by atoms with Gasteiger partial charge >= 0.3 is 11.8 Å². The van der Waals surface area contributed by atoms with Gasteiger partial charge in [0.2, 0.25) is 6.10 Å². The first-order valence-electron chi connectivity index (χ1n) is 10.3. The molecule has 2 heterocycles. The second-order valence-electron chi connectivity index (χ2n) is 8.05. The van der Waals surface area contributed by atoms with Crippen LogP contribution in [0.2, 0.25) is 0 Å². The zero-order chi connectivity index (χ0) is 23.9. The Hall–Kier alpha value is -3.40. The molecule has 10 heteroatoms. The number of hydrogen-bond acceptors (Lipinski definition) is 6. The van der Waals surface area contributed by atoms with E-state index in [0.29, 0.717) is 29.9 Å². The number of aliphatic hydroxyl groups is 1. The molecular weight excluding hydrogens is 441 g/mol. The van der Waals surface area contributed by atoms with Crippen molar-refractivity contribution < 1.29 is 32.3 Å². The number of aliphatic hydroxyl groups excluding tert-OH is 1. The first-order chi connectivity index (χ1) is 15.6. The quantitative estimate of drug-likeness (QED) is 0.637. The van der Waals surface area contributed by atoms with E-state index in [-0.39, 0.29) is 23.5 Å². The fourth-order valence-electron chi connectivity index (χ4n) is 3.99. The summed E-state index contributed by atoms with van der Waals surface area (Å²) in [7, 11) is 0. The number of carbonyl (C=O) groups excluding carboxylic acids is 1. The average molecular weight is 462 g/mol. The molecule has 2 atom stereocenters. The van der Waals surface area contributed by atoms with Gasteiger partial charge in [-0.15, -0.1) is 0 Å². The first-order valence-corrected chi connectivity index (χ1v) is 10.3. The number of rotatable bonds is 4. The topological polar surface area (TPSA) is 92.9 Å². The van der Waals surface area contributed by atoms with E-state index in [1.54, 1.807) is 13.0 Å². The lowest BCUT2D eigenvalue weighted by molar-refractivity contribution is -0.203. The molecule has 1 aromatic heterocycles. The molecule has 0 bridgehead atoms. The highest BCUT2D eigenvalue weighted by molar-refractivity contribution is 5.99. The lowest BCUT2D eigenvalue weighted by atomic mass is 9.91. The third kappa shape index (κ3) is 4.43. The molecule has 0 fully saturated rings. The molecule has 4 rings (SSSR count). The molecule has 33 heavy (non-hydrogen) atoms. The van der Waals surface area contributed by atoms with Crippen LogP contribution < -0.4 is 15.3 Å². The van der Waals surface area contributed by atoms with E-state index in [1.165, 1.54) is 18.2 Å². The Labute approximate surface area is 186 Å². The number of carbonyl (C=O) groups is 1. The lowest BCUT2D eigenvalue weighted by Gasteiger charge is -2.33. The summed E-state index contributed by atoms with van der Waals surface area (Å²) in [6, 6.07) is 9.66. The molecule has 0 saturated heterocycles. The molecule has 174 valence electrons. The Morgan fingerprint density at radius 1 is 1.21 bits per heavy atom. The normalized spacial score (nSPS) is 16.7. The van der Waals surface area contributed by atoms with E-state index in [2.05, 4.69) is 9.68 Å². The summed E-state index contributed by atoms with van der Waals surface area (Å²) in [6.07, 6.45) is -7.85. The van der Waals surface area contributed by atoms with E-state index in [0.717, 1.165) is 16.0 Å². The predicted octanol–water partition coefficient (Wildman–Crippen LogP) is 3.63. The number of anilines is 1. The minimum absolute atomic E-state index is 0.104. The molecule has 2 aromatic carbocycles. The molecule has 1 unspecified atom stereocenters. The number of hydrogen-bond donors (Lipinski definition) is 1. The minimum Gasteiger partial charge on any atom is -0.493 e.